The van der Waals surface area contributed by atoms with Gasteiger partial charge in [0.05, 0.1) is 0 Å². The molecule has 0 spiro atoms. The highest BCUT2D eigenvalue weighted by Crippen LogP contribution is 2.14. The summed E-state index contributed by atoms with van der Waals surface area (Å²) in [6.45, 7) is 1.61. The van der Waals surface area contributed by atoms with Crippen LogP contribution in [0.25, 0.3) is 0 Å². The van der Waals surface area contributed by atoms with Crippen LogP contribution in [0, 0.1) is 0 Å². The Balaban J connectivity index is 2.76. The lowest BCUT2D eigenvalue weighted by Gasteiger charge is -2.04. The van der Waals surface area contributed by atoms with E-state index >= 15 is 0 Å². The van der Waals surface area contributed by atoms with Crippen molar-refractivity contribution in [3.8, 4) is 0 Å². The van der Waals surface area contributed by atoms with Gasteiger partial charge in [0.1, 0.15) is 0 Å². The Morgan fingerprint density at radius 3 is 2.50 bits per heavy atom. The Kier molecular flexibility index (Phi) is 5.23. The molecule has 3 heteroatoms. The smallest absolute Gasteiger partial charge is 0.155 e. The summed E-state index contributed by atoms with van der Waals surface area (Å²) in [6, 6.07) is 7.41. The van der Waals surface area contributed by atoms with Crippen LogP contribution in [0.4, 0.5) is 0 Å². The van der Waals surface area contributed by atoms with Crippen molar-refractivity contribution in [1.82, 2.24) is 0 Å². The molecule has 0 aliphatic heterocycles. The number of halogens is 1. The first-order chi connectivity index (χ1) is 7.63. The maximum Gasteiger partial charge on any atom is 0.155 e. The number of aliphatic hydroxyl groups is 1. The van der Waals surface area contributed by atoms with Crippen molar-refractivity contribution in [3.63, 3.8) is 0 Å². The maximum atomic E-state index is 11.3. The Labute approximate surface area is 101 Å². The number of aliphatic hydroxyl groups excluding tert-OH is 1. The first kappa shape index (κ1) is 12.9. The van der Waals surface area contributed by atoms with Crippen LogP contribution in [0.15, 0.2) is 35.9 Å². The third-order valence-corrected chi connectivity index (χ3v) is 2.53. The predicted molar refractivity (Wildman–Crippen MR) is 65.6 cm³/mol. The van der Waals surface area contributed by atoms with Gasteiger partial charge in [-0.15, -0.1) is 0 Å². The molecule has 0 unspecified atom stereocenters. The number of Topliss-reactive ketones (excluding diaryl/α,β-unsaturated/α-hetero) is 1. The quantitative estimate of drug-likeness (QED) is 0.801. The van der Waals surface area contributed by atoms with E-state index in [1.165, 1.54) is 0 Å². The van der Waals surface area contributed by atoms with Crippen LogP contribution in [0.1, 0.15) is 18.9 Å². The number of ketones is 1. The summed E-state index contributed by atoms with van der Waals surface area (Å²) in [5.41, 5.74) is 1.78. The lowest BCUT2D eigenvalue weighted by molar-refractivity contribution is -0.113. The second-order valence-corrected chi connectivity index (χ2v) is 4.04. The van der Waals surface area contributed by atoms with E-state index in [-0.39, 0.29) is 12.4 Å². The van der Waals surface area contributed by atoms with Crippen molar-refractivity contribution < 1.29 is 9.90 Å². The highest BCUT2D eigenvalue weighted by Gasteiger charge is 2.04. The SMILES string of the molecule is CC(=O)/C(=C/CCO)Cc1ccc(Cl)cc1. The highest BCUT2D eigenvalue weighted by atomic mass is 35.5. The number of carbonyl (C=O) groups excluding carboxylic acids is 1. The fourth-order valence-corrected chi connectivity index (χ4v) is 1.53. The Morgan fingerprint density at radius 2 is 2.00 bits per heavy atom. The van der Waals surface area contributed by atoms with Crippen molar-refractivity contribution in [2.24, 2.45) is 0 Å². The van der Waals surface area contributed by atoms with Crippen LogP contribution in [-0.4, -0.2) is 17.5 Å². The number of hydrogen-bond donors (Lipinski definition) is 1. The third-order valence-electron chi connectivity index (χ3n) is 2.28. The zero-order valence-corrected chi connectivity index (χ0v) is 10.00. The van der Waals surface area contributed by atoms with Crippen LogP contribution in [0.5, 0.6) is 0 Å². The lowest BCUT2D eigenvalue weighted by Crippen LogP contribution is -2.01. The maximum absolute atomic E-state index is 11.3. The molecule has 0 saturated heterocycles. The van der Waals surface area contributed by atoms with Gasteiger partial charge >= 0.3 is 0 Å². The van der Waals surface area contributed by atoms with Crippen LogP contribution >= 0.6 is 11.6 Å². The lowest BCUT2D eigenvalue weighted by atomic mass is 10.0. The van der Waals surface area contributed by atoms with Gasteiger partial charge in [-0.05, 0) is 36.6 Å². The molecule has 0 fully saturated rings. The fraction of sp³-hybridized carbons (Fsp3) is 0.308. The molecule has 2 nitrogen and oxygen atoms in total. The molecular weight excluding hydrogens is 224 g/mol. The van der Waals surface area contributed by atoms with Gasteiger partial charge in [-0.3, -0.25) is 4.79 Å². The van der Waals surface area contributed by atoms with Gasteiger partial charge in [0, 0.05) is 18.1 Å². The summed E-state index contributed by atoms with van der Waals surface area (Å²) in [4.78, 5) is 11.3. The molecular formula is C13H15ClO2. The van der Waals surface area contributed by atoms with Crippen LogP contribution < -0.4 is 0 Å². The highest BCUT2D eigenvalue weighted by molar-refractivity contribution is 6.30. The zero-order chi connectivity index (χ0) is 12.0. The van der Waals surface area contributed by atoms with Crippen molar-refractivity contribution >= 4 is 17.4 Å². The molecule has 0 saturated carbocycles. The van der Waals surface area contributed by atoms with Gasteiger partial charge < -0.3 is 5.11 Å². The number of hydrogen-bond acceptors (Lipinski definition) is 2. The molecule has 16 heavy (non-hydrogen) atoms. The summed E-state index contributed by atoms with van der Waals surface area (Å²) in [5.74, 6) is 0.0448. The summed E-state index contributed by atoms with van der Waals surface area (Å²) in [7, 11) is 0. The molecule has 86 valence electrons. The average Bonchev–Trinajstić information content (AvgIpc) is 2.26. The van der Waals surface area contributed by atoms with Gasteiger partial charge in [-0.1, -0.05) is 29.8 Å². The molecule has 0 aromatic heterocycles. The summed E-state index contributed by atoms with van der Waals surface area (Å²) < 4.78 is 0. The predicted octanol–water partition coefficient (Wildman–Crippen LogP) is 2.78. The number of benzene rings is 1. The van der Waals surface area contributed by atoms with Gasteiger partial charge in [0.15, 0.2) is 5.78 Å². The van der Waals surface area contributed by atoms with Crippen molar-refractivity contribution in [2.75, 3.05) is 6.61 Å². The van der Waals surface area contributed by atoms with E-state index in [1.54, 1.807) is 25.1 Å². The fourth-order valence-electron chi connectivity index (χ4n) is 1.40. The van der Waals surface area contributed by atoms with Crippen LogP contribution in [0.3, 0.4) is 0 Å². The van der Waals surface area contributed by atoms with E-state index in [0.717, 1.165) is 11.1 Å². The zero-order valence-electron chi connectivity index (χ0n) is 9.24. The molecule has 1 aromatic carbocycles. The Morgan fingerprint density at radius 1 is 1.38 bits per heavy atom. The van der Waals surface area contributed by atoms with Gasteiger partial charge in [-0.2, -0.15) is 0 Å². The van der Waals surface area contributed by atoms with E-state index in [1.807, 2.05) is 12.1 Å². The van der Waals surface area contributed by atoms with E-state index in [2.05, 4.69) is 0 Å². The van der Waals surface area contributed by atoms with E-state index in [4.69, 9.17) is 16.7 Å². The molecule has 0 aliphatic carbocycles. The molecule has 1 aromatic rings. The average molecular weight is 239 g/mol. The number of rotatable bonds is 5. The summed E-state index contributed by atoms with van der Waals surface area (Å²) >= 11 is 5.78. The molecule has 0 radical (unpaired) electrons. The molecule has 0 bridgehead atoms. The van der Waals surface area contributed by atoms with Crippen molar-refractivity contribution in [1.29, 1.82) is 0 Å². The largest absolute Gasteiger partial charge is 0.396 e. The summed E-state index contributed by atoms with van der Waals surface area (Å²) in [6.07, 6.45) is 2.89. The van der Waals surface area contributed by atoms with Crippen molar-refractivity contribution in [2.45, 2.75) is 19.8 Å². The monoisotopic (exact) mass is 238 g/mol. The Hall–Kier alpha value is -1.12. The Bertz CT molecular complexity index is 379. The van der Waals surface area contributed by atoms with E-state index < -0.39 is 0 Å². The third kappa shape index (κ3) is 4.17. The van der Waals surface area contributed by atoms with Gasteiger partial charge in [0.25, 0.3) is 0 Å². The minimum absolute atomic E-state index is 0.0448. The van der Waals surface area contributed by atoms with Crippen LogP contribution in [0.2, 0.25) is 5.02 Å². The minimum atomic E-state index is 0.0448. The topological polar surface area (TPSA) is 37.3 Å². The van der Waals surface area contributed by atoms with Gasteiger partial charge in [0.2, 0.25) is 0 Å². The molecule has 0 aliphatic rings. The van der Waals surface area contributed by atoms with Crippen LogP contribution in [-0.2, 0) is 11.2 Å². The molecule has 1 N–H and O–H groups in total. The van der Waals surface area contributed by atoms with E-state index in [0.29, 0.717) is 17.9 Å². The normalized spacial score (nSPS) is 11.6. The first-order valence-corrected chi connectivity index (χ1v) is 5.56. The van der Waals surface area contributed by atoms with Crippen molar-refractivity contribution in [3.05, 3.63) is 46.5 Å². The standard InChI is InChI=1S/C13H15ClO2/c1-10(16)12(3-2-8-15)9-11-4-6-13(14)7-5-11/h3-7,15H,2,8-9H2,1H3/b12-3+. The minimum Gasteiger partial charge on any atom is -0.396 e. The molecule has 0 atom stereocenters. The number of allylic oxidation sites excluding steroid dienone is 1. The molecule has 0 heterocycles. The second-order valence-electron chi connectivity index (χ2n) is 3.60. The number of carbonyl (C=O) groups is 1. The first-order valence-electron chi connectivity index (χ1n) is 5.18. The second kappa shape index (κ2) is 6.46. The van der Waals surface area contributed by atoms with Gasteiger partial charge in [-0.25, -0.2) is 0 Å². The summed E-state index contributed by atoms with van der Waals surface area (Å²) in [5, 5.41) is 9.41. The molecule has 0 amide bonds. The molecule has 1 rings (SSSR count). The van der Waals surface area contributed by atoms with E-state index in [9.17, 15) is 4.79 Å².